The van der Waals surface area contributed by atoms with Gasteiger partial charge >= 0.3 is 0 Å². The van der Waals surface area contributed by atoms with Gasteiger partial charge in [0.2, 0.25) is 0 Å². The first-order valence-electron chi connectivity index (χ1n) is 9.22. The maximum Gasteiger partial charge on any atom is 0.117 e. The third-order valence-corrected chi connectivity index (χ3v) is 6.36. The molecule has 0 spiro atoms. The van der Waals surface area contributed by atoms with E-state index < -0.39 is 0 Å². The van der Waals surface area contributed by atoms with Crippen molar-refractivity contribution in [1.82, 2.24) is 0 Å². The fraction of sp³-hybridized carbons (Fsp3) is 0.700. The third-order valence-electron chi connectivity index (χ3n) is 6.36. The Morgan fingerprint density at radius 2 is 1.48 bits per heavy atom. The molecule has 0 heterocycles. The molecular formula is C20H27B2N. The summed E-state index contributed by atoms with van der Waals surface area (Å²) in [5, 5.41) is 3.57. The van der Waals surface area contributed by atoms with Crippen LogP contribution < -0.4 is 16.2 Å². The highest BCUT2D eigenvalue weighted by Crippen LogP contribution is 2.60. The molecule has 0 aromatic heterocycles. The maximum atomic E-state index is 6.67. The number of nitrogens with one attached hydrogen (secondary N) is 1. The Hall–Kier alpha value is -0.850. The topological polar surface area (TPSA) is 12.0 Å². The second-order valence-electron chi connectivity index (χ2n) is 9.56. The van der Waals surface area contributed by atoms with E-state index >= 15 is 0 Å². The van der Waals surface area contributed by atoms with Crippen molar-refractivity contribution in [3.05, 3.63) is 17.7 Å². The van der Waals surface area contributed by atoms with E-state index in [2.05, 4.69) is 38.2 Å². The summed E-state index contributed by atoms with van der Waals surface area (Å²) in [4.78, 5) is 0. The van der Waals surface area contributed by atoms with Crippen LogP contribution in [0.3, 0.4) is 0 Å². The Labute approximate surface area is 143 Å². The molecule has 1 nitrogen and oxygen atoms in total. The zero-order chi connectivity index (χ0) is 16.4. The first-order valence-corrected chi connectivity index (χ1v) is 9.22. The summed E-state index contributed by atoms with van der Waals surface area (Å²) < 4.78 is 0. The van der Waals surface area contributed by atoms with Crippen LogP contribution in [0.2, 0.25) is 0 Å². The van der Waals surface area contributed by atoms with Gasteiger partial charge in [-0.3, -0.25) is 0 Å². The molecule has 1 aromatic carbocycles. The Morgan fingerprint density at radius 3 is 1.96 bits per heavy atom. The monoisotopic (exact) mass is 303 g/mol. The Morgan fingerprint density at radius 1 is 0.957 bits per heavy atom. The average Bonchev–Trinajstić information content (AvgIpc) is 2.39. The number of hydrogen-bond donors (Lipinski definition) is 1. The lowest BCUT2D eigenvalue weighted by Crippen LogP contribution is -2.52. The van der Waals surface area contributed by atoms with Crippen molar-refractivity contribution in [2.75, 3.05) is 5.32 Å². The normalized spacial score (nSPS) is 35.5. The minimum Gasteiger partial charge on any atom is -0.381 e. The predicted octanol–water partition coefficient (Wildman–Crippen LogP) is 2.95. The van der Waals surface area contributed by atoms with Gasteiger partial charge in [0.05, 0.1) is 0 Å². The van der Waals surface area contributed by atoms with E-state index in [0.717, 1.165) is 34.4 Å². The van der Waals surface area contributed by atoms with Gasteiger partial charge in [-0.25, -0.2) is 0 Å². The van der Waals surface area contributed by atoms with E-state index in [9.17, 15) is 0 Å². The van der Waals surface area contributed by atoms with E-state index in [1.165, 1.54) is 44.1 Å². The van der Waals surface area contributed by atoms with Gasteiger partial charge in [0.1, 0.15) is 15.7 Å². The van der Waals surface area contributed by atoms with Crippen molar-refractivity contribution in [2.24, 2.45) is 17.8 Å². The number of anilines is 1. The lowest BCUT2D eigenvalue weighted by atomic mass is 9.46. The number of hydrogen-bond acceptors (Lipinski definition) is 1. The average molecular weight is 303 g/mol. The Balaban J connectivity index is 1.78. The molecule has 4 saturated carbocycles. The lowest BCUT2D eigenvalue weighted by molar-refractivity contribution is -0.00424. The Kier molecular flexibility index (Phi) is 3.45. The van der Waals surface area contributed by atoms with Crippen molar-refractivity contribution in [1.29, 1.82) is 0 Å². The highest BCUT2D eigenvalue weighted by molar-refractivity contribution is 6.42. The fourth-order valence-corrected chi connectivity index (χ4v) is 6.16. The van der Waals surface area contributed by atoms with Crippen LogP contribution in [0.1, 0.15) is 64.9 Å². The van der Waals surface area contributed by atoms with Gasteiger partial charge < -0.3 is 5.32 Å². The fourth-order valence-electron chi connectivity index (χ4n) is 6.16. The summed E-state index contributed by atoms with van der Waals surface area (Å²) in [6, 6.07) is 4.12. The molecule has 1 N–H and O–H groups in total. The molecule has 0 atom stereocenters. The molecule has 4 bridgehead atoms. The van der Waals surface area contributed by atoms with Crippen LogP contribution in [-0.2, 0) is 5.41 Å². The quantitative estimate of drug-likeness (QED) is 0.828. The summed E-state index contributed by atoms with van der Waals surface area (Å²) in [5.74, 6) is 2.71. The Bertz CT molecular complexity index is 594. The molecule has 3 heteroatoms. The number of rotatable bonds is 2. The number of benzene rings is 1. The van der Waals surface area contributed by atoms with E-state index in [1.807, 2.05) is 0 Å². The second-order valence-corrected chi connectivity index (χ2v) is 9.56. The summed E-state index contributed by atoms with van der Waals surface area (Å²) in [6.45, 7) is 6.52. The van der Waals surface area contributed by atoms with Crippen LogP contribution in [-0.4, -0.2) is 21.2 Å². The summed E-state index contributed by atoms with van der Waals surface area (Å²) in [6.07, 6.45) is 8.22. The second kappa shape index (κ2) is 5.07. The molecule has 0 saturated heterocycles. The van der Waals surface area contributed by atoms with Crippen molar-refractivity contribution >= 4 is 32.3 Å². The highest BCUT2D eigenvalue weighted by Gasteiger charge is 2.52. The predicted molar refractivity (Wildman–Crippen MR) is 100 cm³/mol. The molecule has 5 rings (SSSR count). The molecule has 118 valence electrons. The maximum absolute atomic E-state index is 6.67. The van der Waals surface area contributed by atoms with Crippen LogP contribution in [0, 0.1) is 17.8 Å². The molecule has 4 aliphatic rings. The van der Waals surface area contributed by atoms with Crippen molar-refractivity contribution in [3.63, 3.8) is 0 Å². The van der Waals surface area contributed by atoms with Crippen LogP contribution in [0.5, 0.6) is 0 Å². The molecule has 0 unspecified atom stereocenters. The van der Waals surface area contributed by atoms with E-state index in [1.54, 1.807) is 0 Å². The highest BCUT2D eigenvalue weighted by atomic mass is 14.9. The molecule has 0 aliphatic heterocycles. The minimum atomic E-state index is 0.00295. The van der Waals surface area contributed by atoms with Crippen LogP contribution in [0.4, 0.5) is 5.69 Å². The SMILES string of the molecule is [B]c1ccc(NC(C)(C)C)c([B])c1C12CC3CC(CC(C3)C1)C2. The van der Waals surface area contributed by atoms with Crippen LogP contribution >= 0.6 is 0 Å². The van der Waals surface area contributed by atoms with Crippen molar-refractivity contribution in [2.45, 2.75) is 70.3 Å². The smallest absolute Gasteiger partial charge is 0.117 e. The largest absolute Gasteiger partial charge is 0.381 e. The van der Waals surface area contributed by atoms with Gasteiger partial charge in [-0.15, -0.1) is 0 Å². The first kappa shape index (κ1) is 15.7. The van der Waals surface area contributed by atoms with Gasteiger partial charge in [-0.2, -0.15) is 0 Å². The standard InChI is InChI=1S/C20H27B2N/c1-19(2,3)23-16-5-4-15(21)17(18(16)22)20-9-12-6-13(10-20)8-14(7-12)11-20/h4-5,12-14,23H,6-11H2,1-3H3. The summed E-state index contributed by atoms with van der Waals surface area (Å²) in [5.41, 5.74) is 4.38. The van der Waals surface area contributed by atoms with E-state index in [-0.39, 0.29) is 11.0 Å². The van der Waals surface area contributed by atoms with Crippen LogP contribution in [0.25, 0.3) is 0 Å². The molecule has 4 radical (unpaired) electrons. The van der Waals surface area contributed by atoms with Crippen molar-refractivity contribution in [3.8, 4) is 0 Å². The van der Waals surface area contributed by atoms with E-state index in [0.29, 0.717) is 0 Å². The summed E-state index contributed by atoms with van der Waals surface area (Å²) in [7, 11) is 13.1. The van der Waals surface area contributed by atoms with Gasteiger partial charge in [0, 0.05) is 11.2 Å². The molecular weight excluding hydrogens is 276 g/mol. The minimum absolute atomic E-state index is 0.00295. The molecule has 23 heavy (non-hydrogen) atoms. The zero-order valence-corrected chi connectivity index (χ0v) is 14.8. The van der Waals surface area contributed by atoms with Gasteiger partial charge in [-0.1, -0.05) is 22.6 Å². The molecule has 4 fully saturated rings. The van der Waals surface area contributed by atoms with Crippen molar-refractivity contribution < 1.29 is 0 Å². The zero-order valence-electron chi connectivity index (χ0n) is 14.8. The summed E-state index contributed by atoms with van der Waals surface area (Å²) >= 11 is 0. The third kappa shape index (κ3) is 2.65. The molecule has 1 aromatic rings. The molecule has 0 amide bonds. The van der Waals surface area contributed by atoms with E-state index in [4.69, 9.17) is 15.7 Å². The van der Waals surface area contributed by atoms with Gasteiger partial charge in [0.15, 0.2) is 0 Å². The lowest BCUT2D eigenvalue weighted by Gasteiger charge is -2.58. The van der Waals surface area contributed by atoms with Gasteiger partial charge in [0.25, 0.3) is 0 Å². The van der Waals surface area contributed by atoms with Gasteiger partial charge in [-0.05, 0) is 88.5 Å². The molecule has 4 aliphatic carbocycles. The van der Waals surface area contributed by atoms with Crippen LogP contribution in [0.15, 0.2) is 12.1 Å². The first-order chi connectivity index (χ1) is 10.8.